The number of aromatic amines is 1. The summed E-state index contributed by atoms with van der Waals surface area (Å²) in [6.45, 7) is 6.32. The molecular weight excluding hydrogens is 390 g/mol. The molecule has 0 radical (unpaired) electrons. The van der Waals surface area contributed by atoms with Crippen molar-refractivity contribution in [1.29, 1.82) is 0 Å². The molecule has 1 aliphatic heterocycles. The average molecular weight is 418 g/mol. The van der Waals surface area contributed by atoms with Gasteiger partial charge in [-0.2, -0.15) is 0 Å². The van der Waals surface area contributed by atoms with Gasteiger partial charge < -0.3 is 15.2 Å². The van der Waals surface area contributed by atoms with Crippen molar-refractivity contribution >= 4 is 11.7 Å². The molecule has 0 spiro atoms. The van der Waals surface area contributed by atoms with Crippen LogP contribution in [0, 0.1) is 0 Å². The molecule has 3 heterocycles. The molecule has 1 amide bonds. The van der Waals surface area contributed by atoms with Crippen LogP contribution in [-0.2, 0) is 0 Å². The molecule has 160 valence electrons. The van der Waals surface area contributed by atoms with Gasteiger partial charge in [0.1, 0.15) is 11.4 Å². The van der Waals surface area contributed by atoms with Crippen LogP contribution in [0.25, 0.3) is 11.3 Å². The number of aromatic nitrogens is 2. The number of carbonyl (C=O) groups excluding carboxylic acids is 1. The van der Waals surface area contributed by atoms with E-state index in [2.05, 4.69) is 25.1 Å². The first-order chi connectivity index (χ1) is 15.1. The molecule has 2 aromatic heterocycles. The number of anilines is 1. The van der Waals surface area contributed by atoms with Crippen LogP contribution in [0.4, 0.5) is 5.82 Å². The number of pyridine rings is 2. The van der Waals surface area contributed by atoms with Gasteiger partial charge in [0.15, 0.2) is 0 Å². The highest BCUT2D eigenvalue weighted by atomic mass is 16.2. The number of H-pyrrole nitrogens is 1. The summed E-state index contributed by atoms with van der Waals surface area (Å²) < 4.78 is 0. The number of nitrogens with zero attached hydrogens (tertiary/aromatic N) is 3. The first-order valence-electron chi connectivity index (χ1n) is 10.6. The predicted octanol–water partition coefficient (Wildman–Crippen LogP) is 2.38. The first kappa shape index (κ1) is 20.8. The van der Waals surface area contributed by atoms with Gasteiger partial charge in [0.05, 0.1) is 0 Å². The smallest absolute Gasteiger partial charge is 0.261 e. The van der Waals surface area contributed by atoms with E-state index in [1.807, 2.05) is 61.7 Å². The maximum Gasteiger partial charge on any atom is 0.261 e. The molecule has 1 aliphatic rings. The van der Waals surface area contributed by atoms with Crippen LogP contribution in [0.2, 0.25) is 0 Å². The second kappa shape index (κ2) is 9.57. The van der Waals surface area contributed by atoms with Gasteiger partial charge in [-0.15, -0.1) is 0 Å². The Morgan fingerprint density at radius 1 is 1.03 bits per heavy atom. The van der Waals surface area contributed by atoms with Gasteiger partial charge in [-0.25, -0.2) is 4.98 Å². The monoisotopic (exact) mass is 417 g/mol. The summed E-state index contributed by atoms with van der Waals surface area (Å²) in [7, 11) is 0. The molecule has 7 nitrogen and oxygen atoms in total. The number of hydrogen-bond acceptors (Lipinski definition) is 5. The van der Waals surface area contributed by atoms with Gasteiger partial charge in [-0.1, -0.05) is 36.4 Å². The number of benzene rings is 1. The summed E-state index contributed by atoms with van der Waals surface area (Å²) in [5.41, 5.74) is 1.35. The number of rotatable bonds is 6. The summed E-state index contributed by atoms with van der Waals surface area (Å²) in [5.74, 6) is 0.655. The lowest BCUT2D eigenvalue weighted by Crippen LogP contribution is -2.51. The normalized spacial score (nSPS) is 15.5. The van der Waals surface area contributed by atoms with Gasteiger partial charge in [0.2, 0.25) is 0 Å². The van der Waals surface area contributed by atoms with E-state index >= 15 is 0 Å². The SMILES string of the molecule is CC(CN1CCN(c2ccccn2)CC1)NC(=O)c1ccc(-c2ccccc2)[nH]c1=O. The van der Waals surface area contributed by atoms with E-state index in [9.17, 15) is 9.59 Å². The highest BCUT2D eigenvalue weighted by Crippen LogP contribution is 2.15. The second-order valence-electron chi connectivity index (χ2n) is 7.83. The predicted molar refractivity (Wildman–Crippen MR) is 122 cm³/mol. The zero-order valence-corrected chi connectivity index (χ0v) is 17.6. The lowest BCUT2D eigenvalue weighted by atomic mass is 10.1. The molecular formula is C24H27N5O2. The fourth-order valence-corrected chi connectivity index (χ4v) is 3.87. The Morgan fingerprint density at radius 2 is 1.77 bits per heavy atom. The van der Waals surface area contributed by atoms with E-state index in [0.717, 1.165) is 44.1 Å². The van der Waals surface area contributed by atoms with E-state index in [4.69, 9.17) is 0 Å². The largest absolute Gasteiger partial charge is 0.354 e. The summed E-state index contributed by atoms with van der Waals surface area (Å²) >= 11 is 0. The number of amides is 1. The van der Waals surface area contributed by atoms with Crippen LogP contribution >= 0.6 is 0 Å². The third kappa shape index (κ3) is 5.19. The van der Waals surface area contributed by atoms with E-state index < -0.39 is 0 Å². The van der Waals surface area contributed by atoms with E-state index in [1.165, 1.54) is 0 Å². The van der Waals surface area contributed by atoms with Gasteiger partial charge in [-0.05, 0) is 36.8 Å². The third-order valence-corrected chi connectivity index (χ3v) is 5.49. The number of carbonyl (C=O) groups is 1. The zero-order valence-electron chi connectivity index (χ0n) is 17.6. The van der Waals surface area contributed by atoms with Crippen molar-refractivity contribution < 1.29 is 4.79 Å². The van der Waals surface area contributed by atoms with Gasteiger partial charge in [0, 0.05) is 50.7 Å². The van der Waals surface area contributed by atoms with Crippen molar-refractivity contribution in [3.8, 4) is 11.3 Å². The first-order valence-corrected chi connectivity index (χ1v) is 10.6. The van der Waals surface area contributed by atoms with E-state index in [-0.39, 0.29) is 23.1 Å². The standard InChI is InChI=1S/C24H27N5O2/c1-18(17-28-13-15-29(16-14-28)22-9-5-6-12-25-22)26-23(30)20-10-11-21(27-24(20)31)19-7-3-2-4-8-19/h2-12,18H,13-17H2,1H3,(H,26,30)(H,27,31). The highest BCUT2D eigenvalue weighted by Gasteiger charge is 2.21. The Hall–Kier alpha value is -3.45. The fraction of sp³-hybridized carbons (Fsp3) is 0.292. The molecule has 1 atom stereocenters. The van der Waals surface area contributed by atoms with Gasteiger partial charge in [-0.3, -0.25) is 14.5 Å². The Labute approximate surface area is 181 Å². The molecule has 7 heteroatoms. The quantitative estimate of drug-likeness (QED) is 0.644. The maximum absolute atomic E-state index is 12.6. The Morgan fingerprint density at radius 3 is 2.45 bits per heavy atom. The van der Waals surface area contributed by atoms with Gasteiger partial charge in [0.25, 0.3) is 11.5 Å². The lowest BCUT2D eigenvalue weighted by Gasteiger charge is -2.36. The molecule has 3 aromatic rings. The number of piperazine rings is 1. The fourth-order valence-electron chi connectivity index (χ4n) is 3.87. The van der Waals surface area contributed by atoms with E-state index in [1.54, 1.807) is 12.1 Å². The van der Waals surface area contributed by atoms with Crippen LogP contribution in [0.5, 0.6) is 0 Å². The molecule has 1 aromatic carbocycles. The van der Waals surface area contributed by atoms with Gasteiger partial charge >= 0.3 is 0 Å². The molecule has 1 unspecified atom stereocenters. The lowest BCUT2D eigenvalue weighted by molar-refractivity contribution is 0.0926. The minimum absolute atomic E-state index is 0.0675. The summed E-state index contributed by atoms with van der Waals surface area (Å²) in [4.78, 5) is 36.9. The van der Waals surface area contributed by atoms with Crippen LogP contribution in [0.3, 0.4) is 0 Å². The maximum atomic E-state index is 12.6. The van der Waals surface area contributed by atoms with Crippen LogP contribution < -0.4 is 15.8 Å². The van der Waals surface area contributed by atoms with Crippen molar-refractivity contribution in [2.75, 3.05) is 37.6 Å². The molecule has 1 saturated heterocycles. The molecule has 1 fully saturated rings. The minimum Gasteiger partial charge on any atom is -0.354 e. The summed E-state index contributed by atoms with van der Waals surface area (Å²) in [6, 6.07) is 18.8. The van der Waals surface area contributed by atoms with Crippen molar-refractivity contribution in [3.63, 3.8) is 0 Å². The molecule has 0 saturated carbocycles. The zero-order chi connectivity index (χ0) is 21.6. The molecule has 0 aliphatic carbocycles. The highest BCUT2D eigenvalue weighted by molar-refractivity contribution is 5.94. The summed E-state index contributed by atoms with van der Waals surface area (Å²) in [6.07, 6.45) is 1.81. The minimum atomic E-state index is -0.380. The van der Waals surface area contributed by atoms with Crippen LogP contribution in [0.1, 0.15) is 17.3 Å². The molecule has 4 rings (SSSR count). The Balaban J connectivity index is 1.30. The topological polar surface area (TPSA) is 81.3 Å². The number of nitrogens with one attached hydrogen (secondary N) is 2. The molecule has 31 heavy (non-hydrogen) atoms. The third-order valence-electron chi connectivity index (χ3n) is 5.49. The van der Waals surface area contributed by atoms with Crippen molar-refractivity contribution in [2.45, 2.75) is 13.0 Å². The Kier molecular flexibility index (Phi) is 6.43. The van der Waals surface area contributed by atoms with Crippen molar-refractivity contribution in [1.82, 2.24) is 20.2 Å². The summed E-state index contributed by atoms with van der Waals surface area (Å²) in [5, 5.41) is 2.96. The van der Waals surface area contributed by atoms with E-state index in [0.29, 0.717) is 5.69 Å². The molecule has 2 N–H and O–H groups in total. The van der Waals surface area contributed by atoms with Crippen LogP contribution in [-0.4, -0.2) is 59.5 Å². The van der Waals surface area contributed by atoms with Crippen LogP contribution in [0.15, 0.2) is 71.7 Å². The van der Waals surface area contributed by atoms with Crippen molar-refractivity contribution in [3.05, 3.63) is 82.8 Å². The molecule has 0 bridgehead atoms. The number of hydrogen-bond donors (Lipinski definition) is 2. The average Bonchev–Trinajstić information content (AvgIpc) is 2.80. The van der Waals surface area contributed by atoms with Crippen molar-refractivity contribution in [2.24, 2.45) is 0 Å². The second-order valence-corrected chi connectivity index (χ2v) is 7.83. The Bertz CT molecular complexity index is 1060.